The fourth-order valence-electron chi connectivity index (χ4n) is 3.73. The lowest BCUT2D eigenvalue weighted by atomic mass is 9.90. The predicted molar refractivity (Wildman–Crippen MR) is 108 cm³/mol. The maximum absolute atomic E-state index is 13.5. The summed E-state index contributed by atoms with van der Waals surface area (Å²) in [6.07, 6.45) is 4.83. The number of aromatic nitrogens is 3. The molecule has 1 aliphatic rings. The number of anilines is 1. The van der Waals surface area contributed by atoms with Gasteiger partial charge in [0.2, 0.25) is 5.95 Å². The van der Waals surface area contributed by atoms with Gasteiger partial charge in [0.15, 0.2) is 5.78 Å². The number of hydrogen-bond donors (Lipinski definition) is 0. The highest BCUT2D eigenvalue weighted by molar-refractivity contribution is 5.98. The summed E-state index contributed by atoms with van der Waals surface area (Å²) < 4.78 is 15.0. The van der Waals surface area contributed by atoms with Crippen LogP contribution in [-0.2, 0) is 7.05 Å². The van der Waals surface area contributed by atoms with E-state index in [1.807, 2.05) is 4.90 Å². The molecule has 148 valence electrons. The normalized spacial score (nSPS) is 16.6. The van der Waals surface area contributed by atoms with E-state index < -0.39 is 5.82 Å². The Hall–Kier alpha value is -3.35. The van der Waals surface area contributed by atoms with Gasteiger partial charge in [0.1, 0.15) is 5.82 Å². The van der Waals surface area contributed by atoms with Gasteiger partial charge in [-0.2, -0.15) is 0 Å². The first-order chi connectivity index (χ1) is 14.0. The molecule has 2 aromatic heterocycles. The fourth-order valence-corrected chi connectivity index (χ4v) is 3.73. The SMILES string of the molecule is Cn1c(N2CCCC(C(=O)c3cccc(F)c3)C2)nc(-c2ccncc2)cc1=O. The molecule has 6 nitrogen and oxygen atoms in total. The smallest absolute Gasteiger partial charge is 0.255 e. The number of rotatable bonds is 4. The largest absolute Gasteiger partial charge is 0.341 e. The van der Waals surface area contributed by atoms with Crippen LogP contribution in [0.1, 0.15) is 23.2 Å². The zero-order valence-corrected chi connectivity index (χ0v) is 16.1. The molecule has 0 amide bonds. The second-order valence-corrected chi connectivity index (χ2v) is 7.23. The third kappa shape index (κ3) is 3.94. The summed E-state index contributed by atoms with van der Waals surface area (Å²) >= 11 is 0. The van der Waals surface area contributed by atoms with Crippen molar-refractivity contribution in [2.75, 3.05) is 18.0 Å². The van der Waals surface area contributed by atoms with Crippen molar-refractivity contribution in [1.82, 2.24) is 14.5 Å². The van der Waals surface area contributed by atoms with Crippen molar-refractivity contribution >= 4 is 11.7 Å². The van der Waals surface area contributed by atoms with Gasteiger partial charge >= 0.3 is 0 Å². The minimum atomic E-state index is -0.419. The number of ketones is 1. The summed E-state index contributed by atoms with van der Waals surface area (Å²) in [5.41, 5.74) is 1.59. The molecule has 0 saturated carbocycles. The number of pyridine rings is 1. The van der Waals surface area contributed by atoms with Crippen LogP contribution < -0.4 is 10.5 Å². The standard InChI is InChI=1S/C22H21FN4O2/c1-26-20(28)13-19(15-7-9-24-10-8-15)25-22(26)27-11-3-5-17(14-27)21(29)16-4-2-6-18(23)12-16/h2,4,6-10,12-13,17H,3,5,11,14H2,1H3. The molecule has 0 aliphatic carbocycles. The quantitative estimate of drug-likeness (QED) is 0.639. The first-order valence-corrected chi connectivity index (χ1v) is 9.56. The van der Waals surface area contributed by atoms with Gasteiger partial charge in [-0.05, 0) is 37.1 Å². The molecular weight excluding hydrogens is 371 g/mol. The molecule has 1 fully saturated rings. The Bertz CT molecular complexity index is 1100. The van der Waals surface area contributed by atoms with Gasteiger partial charge in [0.05, 0.1) is 5.69 Å². The van der Waals surface area contributed by atoms with Crippen LogP contribution in [0.15, 0.2) is 59.7 Å². The molecule has 3 aromatic rings. The van der Waals surface area contributed by atoms with Gasteiger partial charge in [-0.15, -0.1) is 0 Å². The molecule has 0 spiro atoms. The van der Waals surface area contributed by atoms with Crippen LogP contribution >= 0.6 is 0 Å². The van der Waals surface area contributed by atoms with E-state index in [1.54, 1.807) is 43.7 Å². The number of piperidine rings is 1. The summed E-state index contributed by atoms with van der Waals surface area (Å²) in [5.74, 6) is -0.241. The number of benzene rings is 1. The predicted octanol–water partition coefficient (Wildman–Crippen LogP) is 3.08. The number of hydrogen-bond acceptors (Lipinski definition) is 5. The summed E-state index contributed by atoms with van der Waals surface area (Å²) in [6.45, 7) is 1.14. The van der Waals surface area contributed by atoms with Crippen molar-refractivity contribution in [1.29, 1.82) is 0 Å². The van der Waals surface area contributed by atoms with Crippen LogP contribution in [0.4, 0.5) is 10.3 Å². The molecule has 1 aliphatic heterocycles. The van der Waals surface area contributed by atoms with Gasteiger partial charge in [0.25, 0.3) is 5.56 Å². The molecule has 1 atom stereocenters. The minimum Gasteiger partial charge on any atom is -0.341 e. The van der Waals surface area contributed by atoms with Crippen LogP contribution in [0.3, 0.4) is 0 Å². The van der Waals surface area contributed by atoms with Gasteiger partial charge in [-0.25, -0.2) is 9.37 Å². The van der Waals surface area contributed by atoms with Crippen LogP contribution in [0, 0.1) is 11.7 Å². The molecule has 29 heavy (non-hydrogen) atoms. The maximum atomic E-state index is 13.5. The van der Waals surface area contributed by atoms with Crippen molar-refractivity contribution in [3.8, 4) is 11.3 Å². The van der Waals surface area contributed by atoms with Gasteiger partial charge in [-0.1, -0.05) is 12.1 Å². The van der Waals surface area contributed by atoms with Gasteiger partial charge in [-0.3, -0.25) is 19.1 Å². The van der Waals surface area contributed by atoms with Crippen LogP contribution in [0.25, 0.3) is 11.3 Å². The molecule has 4 rings (SSSR count). The van der Waals surface area contributed by atoms with Crippen molar-refractivity contribution in [3.05, 3.63) is 76.6 Å². The van der Waals surface area contributed by atoms with Crippen LogP contribution in [0.2, 0.25) is 0 Å². The average Bonchev–Trinajstić information content (AvgIpc) is 2.75. The molecule has 1 unspecified atom stereocenters. The summed E-state index contributed by atoms with van der Waals surface area (Å²) in [4.78, 5) is 36.1. The number of Topliss-reactive ketones (excluding diaryl/α,β-unsaturated/α-hetero) is 1. The average molecular weight is 392 g/mol. The summed E-state index contributed by atoms with van der Waals surface area (Å²) in [7, 11) is 1.68. The number of carbonyl (C=O) groups excluding carboxylic acids is 1. The Morgan fingerprint density at radius 1 is 1.17 bits per heavy atom. The highest BCUT2D eigenvalue weighted by atomic mass is 19.1. The van der Waals surface area contributed by atoms with Gasteiger partial charge in [0, 0.05) is 55.6 Å². The van der Waals surface area contributed by atoms with Crippen molar-refractivity contribution in [3.63, 3.8) is 0 Å². The molecular formula is C22H21FN4O2. The Morgan fingerprint density at radius 3 is 2.72 bits per heavy atom. The number of nitrogens with zero attached hydrogens (tertiary/aromatic N) is 4. The zero-order chi connectivity index (χ0) is 20.4. The summed E-state index contributed by atoms with van der Waals surface area (Å²) in [6, 6.07) is 10.9. The molecule has 3 heterocycles. The van der Waals surface area contributed by atoms with E-state index in [2.05, 4.69) is 4.98 Å². The lowest BCUT2D eigenvalue weighted by molar-refractivity contribution is 0.0906. The van der Waals surface area contributed by atoms with E-state index in [0.717, 1.165) is 18.4 Å². The summed E-state index contributed by atoms with van der Waals surface area (Å²) in [5, 5.41) is 0. The minimum absolute atomic E-state index is 0.0792. The van der Waals surface area contributed by atoms with E-state index in [4.69, 9.17) is 4.98 Å². The Morgan fingerprint density at radius 2 is 1.97 bits per heavy atom. The highest BCUT2D eigenvalue weighted by Gasteiger charge is 2.29. The number of halogens is 1. The van der Waals surface area contributed by atoms with Crippen molar-refractivity contribution in [2.24, 2.45) is 13.0 Å². The Kier molecular flexibility index (Phi) is 5.20. The third-order valence-electron chi connectivity index (χ3n) is 5.27. The monoisotopic (exact) mass is 392 g/mol. The second-order valence-electron chi connectivity index (χ2n) is 7.23. The third-order valence-corrected chi connectivity index (χ3v) is 5.27. The van der Waals surface area contributed by atoms with Crippen molar-refractivity contribution < 1.29 is 9.18 Å². The zero-order valence-electron chi connectivity index (χ0n) is 16.1. The molecule has 0 bridgehead atoms. The highest BCUT2D eigenvalue weighted by Crippen LogP contribution is 2.25. The van der Waals surface area contributed by atoms with Gasteiger partial charge < -0.3 is 4.90 Å². The molecule has 1 saturated heterocycles. The maximum Gasteiger partial charge on any atom is 0.255 e. The Balaban J connectivity index is 1.64. The molecule has 7 heteroatoms. The lowest BCUT2D eigenvalue weighted by Gasteiger charge is -2.33. The van der Waals surface area contributed by atoms with Crippen molar-refractivity contribution in [2.45, 2.75) is 12.8 Å². The lowest BCUT2D eigenvalue weighted by Crippen LogP contribution is -2.42. The van der Waals surface area contributed by atoms with E-state index in [0.29, 0.717) is 30.3 Å². The first-order valence-electron chi connectivity index (χ1n) is 9.56. The fraction of sp³-hybridized carbons (Fsp3) is 0.273. The first kappa shape index (κ1) is 19.0. The molecule has 0 N–H and O–H groups in total. The van der Waals surface area contributed by atoms with Crippen LogP contribution in [-0.4, -0.2) is 33.4 Å². The molecule has 1 aromatic carbocycles. The Labute approximate surface area is 167 Å². The number of carbonyl (C=O) groups is 1. The van der Waals surface area contributed by atoms with E-state index in [9.17, 15) is 14.0 Å². The second kappa shape index (κ2) is 7.95. The van der Waals surface area contributed by atoms with E-state index in [-0.39, 0.29) is 17.3 Å². The van der Waals surface area contributed by atoms with Crippen LogP contribution in [0.5, 0.6) is 0 Å². The van der Waals surface area contributed by atoms with E-state index in [1.165, 1.54) is 22.8 Å². The van der Waals surface area contributed by atoms with E-state index >= 15 is 0 Å². The topological polar surface area (TPSA) is 68.1 Å². The molecule has 0 radical (unpaired) electrons.